The number of carbonyl (C=O) groups excluding carboxylic acids is 2. The van der Waals surface area contributed by atoms with Crippen LogP contribution in [-0.2, 0) is 14.3 Å². The molecule has 2 amide bonds. The van der Waals surface area contributed by atoms with Crippen LogP contribution in [0.2, 0.25) is 0 Å². The van der Waals surface area contributed by atoms with Crippen molar-refractivity contribution in [3.05, 3.63) is 18.0 Å². The molecule has 2 saturated heterocycles. The van der Waals surface area contributed by atoms with Gasteiger partial charge in [-0.05, 0) is 24.8 Å². The lowest BCUT2D eigenvalue weighted by molar-refractivity contribution is -0.131. The minimum atomic E-state index is -0.315. The van der Waals surface area contributed by atoms with Gasteiger partial charge in [0.05, 0.1) is 18.2 Å². The van der Waals surface area contributed by atoms with Gasteiger partial charge < -0.3 is 19.9 Å². The van der Waals surface area contributed by atoms with Crippen LogP contribution in [0.5, 0.6) is 0 Å². The fourth-order valence-electron chi connectivity index (χ4n) is 4.10. The van der Waals surface area contributed by atoms with Gasteiger partial charge in [-0.25, -0.2) is 9.97 Å². The Balaban J connectivity index is 1.79. The van der Waals surface area contributed by atoms with Gasteiger partial charge in [-0.1, -0.05) is 13.8 Å². The molecule has 0 saturated carbocycles. The molecule has 8 nitrogen and oxygen atoms in total. The second kappa shape index (κ2) is 10.0. The van der Waals surface area contributed by atoms with E-state index < -0.39 is 0 Å². The summed E-state index contributed by atoms with van der Waals surface area (Å²) in [5, 5.41) is 2.94. The molecule has 2 aliphatic heterocycles. The number of ether oxygens (including phenoxy) is 1. The number of hydrogen-bond donors (Lipinski definition) is 1. The van der Waals surface area contributed by atoms with Crippen molar-refractivity contribution >= 4 is 17.8 Å². The van der Waals surface area contributed by atoms with Gasteiger partial charge in [0.15, 0.2) is 0 Å². The number of hydrogen-bond acceptors (Lipinski definition) is 6. The molecule has 3 rings (SSSR count). The van der Waals surface area contributed by atoms with E-state index in [2.05, 4.69) is 15.2 Å². The SMILES string of the molecule is COCCNC(=O)[C@@H]1CN(C(=O)CC(C)C)C[C@@H]1c1ccnc(N2CCCC2)n1. The number of nitrogens with zero attached hydrogens (tertiary/aromatic N) is 4. The maximum atomic E-state index is 12.9. The van der Waals surface area contributed by atoms with Crippen LogP contribution in [0.4, 0.5) is 5.95 Å². The summed E-state index contributed by atoms with van der Waals surface area (Å²) in [5.74, 6) is 0.628. The molecule has 0 aliphatic carbocycles. The van der Waals surface area contributed by atoms with Gasteiger partial charge in [0.2, 0.25) is 17.8 Å². The summed E-state index contributed by atoms with van der Waals surface area (Å²) in [6.07, 6.45) is 4.57. The lowest BCUT2D eigenvalue weighted by Gasteiger charge is -2.20. The molecule has 2 atom stereocenters. The van der Waals surface area contributed by atoms with Crippen LogP contribution in [0, 0.1) is 11.8 Å². The number of methoxy groups -OCH3 is 1. The quantitative estimate of drug-likeness (QED) is 0.661. The maximum absolute atomic E-state index is 12.9. The first-order chi connectivity index (χ1) is 14.0. The molecule has 160 valence electrons. The Kier molecular flexibility index (Phi) is 7.41. The number of nitrogens with one attached hydrogen (secondary N) is 1. The van der Waals surface area contributed by atoms with Crippen molar-refractivity contribution in [3.63, 3.8) is 0 Å². The first kappa shape index (κ1) is 21.5. The average molecular weight is 404 g/mol. The van der Waals surface area contributed by atoms with Crippen molar-refractivity contribution in [2.24, 2.45) is 11.8 Å². The molecule has 0 spiro atoms. The van der Waals surface area contributed by atoms with Crippen LogP contribution in [-0.4, -0.2) is 73.1 Å². The molecular formula is C21H33N5O3. The fourth-order valence-corrected chi connectivity index (χ4v) is 4.10. The normalized spacial score (nSPS) is 21.8. The summed E-state index contributed by atoms with van der Waals surface area (Å²) in [6.45, 7) is 7.87. The van der Waals surface area contributed by atoms with Crippen LogP contribution >= 0.6 is 0 Å². The Hall–Kier alpha value is -2.22. The molecule has 0 bridgehead atoms. The Morgan fingerprint density at radius 2 is 2.03 bits per heavy atom. The van der Waals surface area contributed by atoms with E-state index in [0.29, 0.717) is 32.7 Å². The van der Waals surface area contributed by atoms with Gasteiger partial charge in [0.1, 0.15) is 0 Å². The number of aromatic nitrogens is 2. The third-order valence-corrected chi connectivity index (χ3v) is 5.63. The van der Waals surface area contributed by atoms with Crippen LogP contribution in [0.15, 0.2) is 12.3 Å². The standard InChI is InChI=1S/C21H33N5O3/c1-15(2)12-19(27)26-13-16(17(14-26)20(28)22-8-11-29-3)18-6-7-23-21(24-18)25-9-4-5-10-25/h6-7,15-17H,4-5,8-14H2,1-3H3,(H,22,28)/t16-,17+/m0/s1. The Labute approximate surface area is 173 Å². The highest BCUT2D eigenvalue weighted by Gasteiger charge is 2.41. The van der Waals surface area contributed by atoms with Crippen LogP contribution in [0.3, 0.4) is 0 Å². The van der Waals surface area contributed by atoms with Gasteiger partial charge in [-0.2, -0.15) is 0 Å². The van der Waals surface area contributed by atoms with E-state index in [1.807, 2.05) is 24.8 Å². The van der Waals surface area contributed by atoms with E-state index in [-0.39, 0.29) is 29.6 Å². The van der Waals surface area contributed by atoms with E-state index in [4.69, 9.17) is 9.72 Å². The monoisotopic (exact) mass is 403 g/mol. The predicted octanol–water partition coefficient (Wildman–Crippen LogP) is 1.43. The van der Waals surface area contributed by atoms with Crippen molar-refractivity contribution in [1.82, 2.24) is 20.2 Å². The van der Waals surface area contributed by atoms with Crippen molar-refractivity contribution in [2.75, 3.05) is 51.3 Å². The number of amides is 2. The predicted molar refractivity (Wildman–Crippen MR) is 111 cm³/mol. The van der Waals surface area contributed by atoms with Gasteiger partial charge in [0.25, 0.3) is 0 Å². The van der Waals surface area contributed by atoms with Crippen LogP contribution in [0.25, 0.3) is 0 Å². The molecule has 0 radical (unpaired) electrons. The second-order valence-corrected chi connectivity index (χ2v) is 8.37. The zero-order valence-corrected chi connectivity index (χ0v) is 17.8. The number of anilines is 1. The van der Waals surface area contributed by atoms with E-state index in [9.17, 15) is 9.59 Å². The molecule has 3 heterocycles. The number of carbonyl (C=O) groups is 2. The highest BCUT2D eigenvalue weighted by molar-refractivity contribution is 5.83. The van der Waals surface area contributed by atoms with Crippen molar-refractivity contribution in [1.29, 1.82) is 0 Å². The molecule has 0 unspecified atom stereocenters. The third kappa shape index (κ3) is 5.44. The molecule has 29 heavy (non-hydrogen) atoms. The first-order valence-electron chi connectivity index (χ1n) is 10.6. The lowest BCUT2D eigenvalue weighted by atomic mass is 9.92. The minimum absolute atomic E-state index is 0.0479. The topological polar surface area (TPSA) is 87.7 Å². The Morgan fingerprint density at radius 3 is 2.72 bits per heavy atom. The third-order valence-electron chi connectivity index (χ3n) is 5.63. The number of rotatable bonds is 8. The van der Waals surface area contributed by atoms with Gasteiger partial charge >= 0.3 is 0 Å². The van der Waals surface area contributed by atoms with Crippen LogP contribution in [0.1, 0.15) is 44.7 Å². The lowest BCUT2D eigenvalue weighted by Crippen LogP contribution is -2.37. The summed E-state index contributed by atoms with van der Waals surface area (Å²) in [7, 11) is 1.61. The molecule has 1 N–H and O–H groups in total. The zero-order chi connectivity index (χ0) is 20.8. The molecule has 2 fully saturated rings. The Bertz CT molecular complexity index is 705. The van der Waals surface area contributed by atoms with Crippen molar-refractivity contribution < 1.29 is 14.3 Å². The molecular weight excluding hydrogens is 370 g/mol. The second-order valence-electron chi connectivity index (χ2n) is 8.37. The van der Waals surface area contributed by atoms with Crippen molar-refractivity contribution in [2.45, 2.75) is 39.0 Å². The summed E-state index contributed by atoms with van der Waals surface area (Å²) in [5.41, 5.74) is 0.841. The summed E-state index contributed by atoms with van der Waals surface area (Å²) < 4.78 is 5.04. The molecule has 1 aromatic rings. The summed E-state index contributed by atoms with van der Waals surface area (Å²) in [6, 6.07) is 1.89. The Morgan fingerprint density at radius 1 is 1.28 bits per heavy atom. The first-order valence-corrected chi connectivity index (χ1v) is 10.6. The van der Waals surface area contributed by atoms with Crippen molar-refractivity contribution in [3.8, 4) is 0 Å². The highest BCUT2D eigenvalue weighted by Crippen LogP contribution is 2.33. The molecule has 2 aliphatic rings. The molecule has 8 heteroatoms. The van der Waals surface area contributed by atoms with E-state index in [1.54, 1.807) is 13.3 Å². The fraction of sp³-hybridized carbons (Fsp3) is 0.714. The minimum Gasteiger partial charge on any atom is -0.383 e. The van der Waals surface area contributed by atoms with Crippen LogP contribution < -0.4 is 10.2 Å². The zero-order valence-electron chi connectivity index (χ0n) is 17.8. The number of likely N-dealkylation sites (tertiary alicyclic amines) is 1. The van der Waals surface area contributed by atoms with Gasteiger partial charge in [-0.15, -0.1) is 0 Å². The van der Waals surface area contributed by atoms with Gasteiger partial charge in [-0.3, -0.25) is 9.59 Å². The van der Waals surface area contributed by atoms with Gasteiger partial charge in [0, 0.05) is 58.4 Å². The maximum Gasteiger partial charge on any atom is 0.225 e. The summed E-state index contributed by atoms with van der Waals surface area (Å²) in [4.78, 5) is 38.8. The smallest absolute Gasteiger partial charge is 0.225 e. The average Bonchev–Trinajstić information content (AvgIpc) is 3.38. The highest BCUT2D eigenvalue weighted by atomic mass is 16.5. The summed E-state index contributed by atoms with van der Waals surface area (Å²) >= 11 is 0. The van der Waals surface area contributed by atoms with E-state index in [1.165, 1.54) is 0 Å². The largest absolute Gasteiger partial charge is 0.383 e. The molecule has 1 aromatic heterocycles. The van der Waals surface area contributed by atoms with E-state index in [0.717, 1.165) is 37.6 Å². The molecule has 0 aromatic carbocycles. The van der Waals surface area contributed by atoms with E-state index >= 15 is 0 Å².